The number of fused-ring (bicyclic) bond motifs is 7. The maximum atomic E-state index is 10.5. The maximum Gasteiger partial charge on any atom is 0.0596 e. The van der Waals surface area contributed by atoms with Crippen LogP contribution < -0.4 is 0 Å². The number of aliphatic hydroxyl groups excluding tert-OH is 1. The highest BCUT2D eigenvalue weighted by molar-refractivity contribution is 8.07. The third-order valence-electron chi connectivity index (χ3n) is 8.88. The van der Waals surface area contributed by atoms with Crippen molar-refractivity contribution in [2.45, 2.75) is 81.8 Å². The zero-order chi connectivity index (χ0) is 14.4. The van der Waals surface area contributed by atoms with Crippen LogP contribution in [0.1, 0.15) is 65.2 Å². The molecule has 0 aromatic rings. The highest BCUT2D eigenvalue weighted by Gasteiger charge is 2.64. The first-order valence-electron chi connectivity index (χ1n) is 9.37. The van der Waals surface area contributed by atoms with Gasteiger partial charge >= 0.3 is 0 Å². The highest BCUT2D eigenvalue weighted by Crippen LogP contribution is 2.70. The van der Waals surface area contributed by atoms with Crippen molar-refractivity contribution in [3.8, 4) is 0 Å². The van der Waals surface area contributed by atoms with Crippen molar-refractivity contribution < 1.29 is 5.11 Å². The molecule has 118 valence electrons. The summed E-state index contributed by atoms with van der Waals surface area (Å²) in [6.07, 6.45) is 11.0. The predicted molar refractivity (Wildman–Crippen MR) is 88.3 cm³/mol. The van der Waals surface area contributed by atoms with Crippen LogP contribution in [0.5, 0.6) is 0 Å². The van der Waals surface area contributed by atoms with Crippen LogP contribution in [0.15, 0.2) is 0 Å². The third kappa shape index (κ3) is 1.65. The van der Waals surface area contributed by atoms with Crippen LogP contribution in [0.25, 0.3) is 0 Å². The molecule has 1 N–H and O–H groups in total. The van der Waals surface area contributed by atoms with Gasteiger partial charge in [0.2, 0.25) is 0 Å². The molecule has 0 bridgehead atoms. The summed E-state index contributed by atoms with van der Waals surface area (Å²) < 4.78 is 0. The Hall–Kier alpha value is 0.310. The normalized spacial score (nSPS) is 65.0. The fourth-order valence-electron chi connectivity index (χ4n) is 7.56. The largest absolute Gasteiger partial charge is 0.393 e. The molecular weight excluding hydrogens is 276 g/mol. The lowest BCUT2D eigenvalue weighted by molar-refractivity contribution is -0.115. The smallest absolute Gasteiger partial charge is 0.0596 e. The summed E-state index contributed by atoms with van der Waals surface area (Å²) in [5.74, 6) is 3.76. The van der Waals surface area contributed by atoms with Crippen LogP contribution in [0.2, 0.25) is 0 Å². The number of aliphatic hydroxyl groups is 1. The minimum absolute atomic E-state index is 0.0105. The van der Waals surface area contributed by atoms with Gasteiger partial charge in [0.1, 0.15) is 0 Å². The standard InChI is InChI=1S/C19H30OS/c1-18-10-8-15-17(21-15)14(18)4-3-11-12-5-6-16(20)19(12,2)9-7-13(11)18/h11-17,20H,3-10H2,1-2H3/t11-,12-,13-,14?,15?,16-,17?,18+,19-/m0/s1. The van der Waals surface area contributed by atoms with Gasteiger partial charge in [-0.2, -0.15) is 11.8 Å². The molecule has 3 unspecified atom stereocenters. The van der Waals surface area contributed by atoms with E-state index >= 15 is 0 Å². The topological polar surface area (TPSA) is 20.2 Å². The van der Waals surface area contributed by atoms with E-state index in [1.807, 2.05) is 0 Å². The van der Waals surface area contributed by atoms with Gasteiger partial charge in [-0.15, -0.1) is 0 Å². The van der Waals surface area contributed by atoms with E-state index in [1.165, 1.54) is 44.9 Å². The average molecular weight is 307 g/mol. The number of hydrogen-bond donors (Lipinski definition) is 1. The molecule has 1 aliphatic heterocycles. The fourth-order valence-corrected chi connectivity index (χ4v) is 9.09. The highest BCUT2D eigenvalue weighted by atomic mass is 32.2. The zero-order valence-electron chi connectivity index (χ0n) is 13.6. The van der Waals surface area contributed by atoms with Crippen molar-refractivity contribution in [3.63, 3.8) is 0 Å². The molecule has 0 aromatic heterocycles. The van der Waals surface area contributed by atoms with Gasteiger partial charge < -0.3 is 5.11 Å². The van der Waals surface area contributed by atoms with Crippen molar-refractivity contribution in [1.29, 1.82) is 0 Å². The molecule has 0 radical (unpaired) electrons. The minimum atomic E-state index is -0.0105. The summed E-state index contributed by atoms with van der Waals surface area (Å²) in [6, 6.07) is 0. The van der Waals surface area contributed by atoms with Gasteiger partial charge in [-0.05, 0) is 85.9 Å². The monoisotopic (exact) mass is 306 g/mol. The van der Waals surface area contributed by atoms with Crippen LogP contribution in [0, 0.1) is 34.5 Å². The lowest BCUT2D eigenvalue weighted by Crippen LogP contribution is -2.54. The first kappa shape index (κ1) is 13.7. The van der Waals surface area contributed by atoms with Gasteiger partial charge in [-0.1, -0.05) is 13.8 Å². The molecule has 2 heteroatoms. The van der Waals surface area contributed by atoms with Gasteiger partial charge in [-0.3, -0.25) is 0 Å². The predicted octanol–water partition coefficient (Wildman–Crippen LogP) is 4.48. The van der Waals surface area contributed by atoms with Crippen LogP contribution in [0.4, 0.5) is 0 Å². The van der Waals surface area contributed by atoms with Gasteiger partial charge in [0.15, 0.2) is 0 Å². The second kappa shape index (κ2) is 4.23. The third-order valence-corrected chi connectivity index (χ3v) is 10.4. The van der Waals surface area contributed by atoms with E-state index < -0.39 is 0 Å². The Morgan fingerprint density at radius 3 is 2.38 bits per heavy atom. The van der Waals surface area contributed by atoms with Gasteiger partial charge in [0, 0.05) is 10.5 Å². The van der Waals surface area contributed by atoms with E-state index in [2.05, 4.69) is 25.6 Å². The molecule has 1 heterocycles. The molecule has 5 aliphatic rings. The number of thioether (sulfide) groups is 1. The molecule has 5 rings (SSSR count). The molecule has 4 aliphatic carbocycles. The first-order chi connectivity index (χ1) is 10.0. The van der Waals surface area contributed by atoms with Crippen LogP contribution >= 0.6 is 11.8 Å². The lowest BCUT2D eigenvalue weighted by atomic mass is 9.45. The summed E-state index contributed by atoms with van der Waals surface area (Å²) in [5, 5.41) is 12.6. The van der Waals surface area contributed by atoms with E-state index in [0.717, 1.165) is 40.6 Å². The quantitative estimate of drug-likeness (QED) is 0.666. The molecule has 0 aromatic carbocycles. The summed E-state index contributed by atoms with van der Waals surface area (Å²) in [5.41, 5.74) is 0.901. The molecule has 21 heavy (non-hydrogen) atoms. The minimum Gasteiger partial charge on any atom is -0.393 e. The average Bonchev–Trinajstić information content (AvgIpc) is 3.18. The van der Waals surface area contributed by atoms with E-state index in [1.54, 1.807) is 0 Å². The van der Waals surface area contributed by atoms with Crippen molar-refractivity contribution >= 4 is 11.8 Å². The zero-order valence-corrected chi connectivity index (χ0v) is 14.4. The van der Waals surface area contributed by atoms with Gasteiger partial charge in [-0.25, -0.2) is 0 Å². The second-order valence-electron chi connectivity index (χ2n) is 9.38. The maximum absolute atomic E-state index is 10.5. The fraction of sp³-hybridized carbons (Fsp3) is 1.00. The van der Waals surface area contributed by atoms with Crippen molar-refractivity contribution in [3.05, 3.63) is 0 Å². The van der Waals surface area contributed by atoms with Gasteiger partial charge in [0.25, 0.3) is 0 Å². The Labute approximate surface area is 133 Å². The Morgan fingerprint density at radius 2 is 1.52 bits per heavy atom. The Morgan fingerprint density at radius 1 is 0.810 bits per heavy atom. The van der Waals surface area contributed by atoms with Crippen LogP contribution in [-0.2, 0) is 0 Å². The van der Waals surface area contributed by atoms with E-state index in [4.69, 9.17) is 0 Å². The summed E-state index contributed by atoms with van der Waals surface area (Å²) in [6.45, 7) is 5.07. The molecule has 0 spiro atoms. The number of rotatable bonds is 0. The lowest BCUT2D eigenvalue weighted by Gasteiger charge is -2.60. The molecule has 1 saturated heterocycles. The summed E-state index contributed by atoms with van der Waals surface area (Å²) >= 11 is 2.30. The summed E-state index contributed by atoms with van der Waals surface area (Å²) in [7, 11) is 0. The van der Waals surface area contributed by atoms with E-state index in [0.29, 0.717) is 5.41 Å². The SMILES string of the molecule is C[C@]12CC[C@H]3[C@@H](CCC4C5SC5CC[C@@]43C)[C@@H]1CC[C@@H]2O. The Balaban J connectivity index is 1.48. The molecule has 0 amide bonds. The van der Waals surface area contributed by atoms with Crippen LogP contribution in [0.3, 0.4) is 0 Å². The van der Waals surface area contributed by atoms with Crippen LogP contribution in [-0.4, -0.2) is 21.7 Å². The summed E-state index contributed by atoms with van der Waals surface area (Å²) in [4.78, 5) is 0. The van der Waals surface area contributed by atoms with Crippen molar-refractivity contribution in [2.24, 2.45) is 34.5 Å². The molecule has 5 fully saturated rings. The van der Waals surface area contributed by atoms with Crippen molar-refractivity contribution in [2.75, 3.05) is 0 Å². The Kier molecular flexibility index (Phi) is 2.76. The van der Waals surface area contributed by atoms with E-state index in [9.17, 15) is 5.11 Å². The molecular formula is C19H30OS. The molecule has 1 nitrogen and oxygen atoms in total. The first-order valence-corrected chi connectivity index (χ1v) is 10.3. The van der Waals surface area contributed by atoms with E-state index in [-0.39, 0.29) is 11.5 Å². The Bertz CT molecular complexity index is 464. The second-order valence-corrected chi connectivity index (χ2v) is 10.8. The molecule has 4 saturated carbocycles. The van der Waals surface area contributed by atoms with Gasteiger partial charge in [0.05, 0.1) is 6.10 Å². The van der Waals surface area contributed by atoms with Crippen molar-refractivity contribution in [1.82, 2.24) is 0 Å². The number of hydrogen-bond acceptors (Lipinski definition) is 2. The molecule has 9 atom stereocenters.